The average Bonchev–Trinajstić information content (AvgIpc) is 1.63. The van der Waals surface area contributed by atoms with Crippen LogP contribution in [0.4, 0.5) is 4.79 Å². The van der Waals surface area contributed by atoms with Gasteiger partial charge in [0.15, 0.2) is 6.19 Å². The molecule has 0 saturated heterocycles. The average molecular weight is 128 g/mol. The first-order valence-electron chi connectivity index (χ1n) is 2.52. The molecule has 0 aliphatic rings. The van der Waals surface area contributed by atoms with Crippen molar-refractivity contribution in [3.63, 3.8) is 0 Å². The van der Waals surface area contributed by atoms with Crippen LogP contribution in [0.5, 0.6) is 0 Å². The minimum atomic E-state index is -0.701. The van der Waals surface area contributed by atoms with E-state index in [4.69, 9.17) is 5.26 Å². The lowest BCUT2D eigenvalue weighted by atomic mass is 10.5. The van der Waals surface area contributed by atoms with Gasteiger partial charge in [0.2, 0.25) is 0 Å². The van der Waals surface area contributed by atoms with Crippen LogP contribution in [-0.2, 0) is 4.74 Å². The van der Waals surface area contributed by atoms with Gasteiger partial charge in [-0.3, -0.25) is 0 Å². The zero-order chi connectivity index (χ0) is 7.28. The third-order valence-electron chi connectivity index (χ3n) is 0.501. The Morgan fingerprint density at radius 3 is 2.67 bits per heavy atom. The molecule has 0 atom stereocenters. The van der Waals surface area contributed by atoms with Gasteiger partial charge in [0.25, 0.3) is 0 Å². The Bertz CT molecular complexity index is 136. The Balaban J connectivity index is 3.42. The third-order valence-corrected chi connectivity index (χ3v) is 0.501. The highest BCUT2D eigenvalue weighted by Gasteiger charge is 2.00. The van der Waals surface area contributed by atoms with E-state index in [0.29, 0.717) is 0 Å². The van der Waals surface area contributed by atoms with Crippen molar-refractivity contribution < 1.29 is 9.53 Å². The fourth-order valence-electron chi connectivity index (χ4n) is 0.289. The summed E-state index contributed by atoms with van der Waals surface area (Å²) in [6, 6.07) is 0. The highest BCUT2D eigenvalue weighted by molar-refractivity contribution is 5.68. The normalized spacial score (nSPS) is 8.22. The van der Waals surface area contributed by atoms with E-state index in [2.05, 4.69) is 4.74 Å². The van der Waals surface area contributed by atoms with E-state index in [1.807, 2.05) is 5.32 Å². The van der Waals surface area contributed by atoms with E-state index in [-0.39, 0.29) is 6.10 Å². The van der Waals surface area contributed by atoms with Crippen LogP contribution in [0, 0.1) is 11.5 Å². The molecule has 0 fully saturated rings. The Hall–Kier alpha value is -1.24. The molecule has 0 aliphatic carbocycles. The first-order chi connectivity index (χ1) is 4.16. The Labute approximate surface area is 53.4 Å². The molecule has 0 bridgehead atoms. The van der Waals surface area contributed by atoms with Crippen LogP contribution in [0.15, 0.2) is 0 Å². The standard InChI is InChI=1S/C5H8N2O2/c1-4(2)9-5(8)7-3-6/h4H,1-2H3,(H,7,8). The van der Waals surface area contributed by atoms with E-state index in [1.165, 1.54) is 6.19 Å². The van der Waals surface area contributed by atoms with Crippen LogP contribution < -0.4 is 5.32 Å². The maximum atomic E-state index is 10.3. The zero-order valence-corrected chi connectivity index (χ0v) is 5.34. The molecule has 1 amide bonds. The molecule has 0 aromatic carbocycles. The molecule has 4 heteroatoms. The van der Waals surface area contributed by atoms with Crippen LogP contribution in [0.2, 0.25) is 0 Å². The number of nitrogens with zero attached hydrogens (tertiary/aromatic N) is 1. The molecule has 0 heterocycles. The Morgan fingerprint density at radius 2 is 2.33 bits per heavy atom. The number of amides is 1. The number of ether oxygens (including phenoxy) is 1. The van der Waals surface area contributed by atoms with Gasteiger partial charge in [0, 0.05) is 0 Å². The molecular formula is C5H8N2O2. The first kappa shape index (κ1) is 7.76. The minimum Gasteiger partial charge on any atom is -0.446 e. The van der Waals surface area contributed by atoms with Gasteiger partial charge in [-0.2, -0.15) is 5.26 Å². The second-order valence-corrected chi connectivity index (χ2v) is 1.69. The quantitative estimate of drug-likeness (QED) is 0.415. The Kier molecular flexibility index (Phi) is 3.21. The first-order valence-corrected chi connectivity index (χ1v) is 2.52. The summed E-state index contributed by atoms with van der Waals surface area (Å²) >= 11 is 0. The highest BCUT2D eigenvalue weighted by Crippen LogP contribution is 1.86. The molecule has 1 N–H and O–H groups in total. The topological polar surface area (TPSA) is 62.1 Å². The van der Waals surface area contributed by atoms with Crippen molar-refractivity contribution in [1.82, 2.24) is 5.32 Å². The molecule has 0 spiro atoms. The molecule has 0 aliphatic heterocycles. The van der Waals surface area contributed by atoms with Crippen molar-refractivity contribution in [2.24, 2.45) is 0 Å². The van der Waals surface area contributed by atoms with Gasteiger partial charge in [0.1, 0.15) is 0 Å². The van der Waals surface area contributed by atoms with E-state index in [0.717, 1.165) is 0 Å². The number of hydrogen-bond acceptors (Lipinski definition) is 3. The van der Waals surface area contributed by atoms with Crippen LogP contribution in [0.1, 0.15) is 13.8 Å². The van der Waals surface area contributed by atoms with Crippen molar-refractivity contribution in [2.45, 2.75) is 20.0 Å². The monoisotopic (exact) mass is 128 g/mol. The van der Waals surface area contributed by atoms with Crippen LogP contribution >= 0.6 is 0 Å². The highest BCUT2D eigenvalue weighted by atomic mass is 16.6. The van der Waals surface area contributed by atoms with Crippen LogP contribution in [0.3, 0.4) is 0 Å². The molecule has 0 aromatic rings. The summed E-state index contributed by atoms with van der Waals surface area (Å²) in [6.45, 7) is 3.41. The summed E-state index contributed by atoms with van der Waals surface area (Å²) < 4.78 is 4.52. The summed E-state index contributed by atoms with van der Waals surface area (Å²) in [4.78, 5) is 10.3. The van der Waals surface area contributed by atoms with E-state index < -0.39 is 6.09 Å². The molecule has 0 saturated carbocycles. The smallest absolute Gasteiger partial charge is 0.420 e. The summed E-state index contributed by atoms with van der Waals surface area (Å²) in [6.07, 6.45) is 0.565. The number of nitriles is 1. The van der Waals surface area contributed by atoms with Gasteiger partial charge >= 0.3 is 6.09 Å². The molecule has 4 nitrogen and oxygen atoms in total. The van der Waals surface area contributed by atoms with Gasteiger partial charge < -0.3 is 4.74 Å². The van der Waals surface area contributed by atoms with Crippen molar-refractivity contribution >= 4 is 6.09 Å². The number of hydrogen-bond donors (Lipinski definition) is 1. The number of carbonyl (C=O) groups excluding carboxylic acids is 1. The maximum absolute atomic E-state index is 10.3. The summed E-state index contributed by atoms with van der Waals surface area (Å²) in [7, 11) is 0. The van der Waals surface area contributed by atoms with E-state index in [1.54, 1.807) is 13.8 Å². The van der Waals surface area contributed by atoms with E-state index in [9.17, 15) is 4.79 Å². The van der Waals surface area contributed by atoms with Gasteiger partial charge in [-0.05, 0) is 13.8 Å². The van der Waals surface area contributed by atoms with Crippen molar-refractivity contribution in [1.29, 1.82) is 5.26 Å². The largest absolute Gasteiger partial charge is 0.446 e. The molecule has 0 radical (unpaired) electrons. The lowest BCUT2D eigenvalue weighted by Crippen LogP contribution is -2.22. The van der Waals surface area contributed by atoms with Gasteiger partial charge in [0.05, 0.1) is 6.10 Å². The number of alkyl carbamates (subject to hydrolysis) is 1. The van der Waals surface area contributed by atoms with Gasteiger partial charge in [-0.1, -0.05) is 0 Å². The summed E-state index contributed by atoms with van der Waals surface area (Å²) in [5.41, 5.74) is 0. The van der Waals surface area contributed by atoms with Gasteiger partial charge in [-0.25, -0.2) is 10.1 Å². The number of rotatable bonds is 1. The van der Waals surface area contributed by atoms with Crippen molar-refractivity contribution in [3.05, 3.63) is 0 Å². The molecule has 9 heavy (non-hydrogen) atoms. The fraction of sp³-hybridized carbons (Fsp3) is 0.600. The van der Waals surface area contributed by atoms with Gasteiger partial charge in [-0.15, -0.1) is 0 Å². The van der Waals surface area contributed by atoms with Crippen LogP contribution in [-0.4, -0.2) is 12.2 Å². The molecule has 0 unspecified atom stereocenters. The number of carbonyl (C=O) groups is 1. The van der Waals surface area contributed by atoms with Crippen molar-refractivity contribution in [3.8, 4) is 6.19 Å². The van der Waals surface area contributed by atoms with Crippen molar-refractivity contribution in [2.75, 3.05) is 0 Å². The number of nitrogens with one attached hydrogen (secondary N) is 1. The van der Waals surface area contributed by atoms with Crippen LogP contribution in [0.25, 0.3) is 0 Å². The maximum Gasteiger partial charge on any atom is 0.420 e. The molecular weight excluding hydrogens is 120 g/mol. The lowest BCUT2D eigenvalue weighted by Gasteiger charge is -2.03. The fourth-order valence-corrected chi connectivity index (χ4v) is 0.289. The second kappa shape index (κ2) is 3.72. The summed E-state index contributed by atoms with van der Waals surface area (Å²) in [5, 5.41) is 9.71. The molecule has 0 aromatic heterocycles. The second-order valence-electron chi connectivity index (χ2n) is 1.69. The van der Waals surface area contributed by atoms with E-state index >= 15 is 0 Å². The predicted molar refractivity (Wildman–Crippen MR) is 30.4 cm³/mol. The molecule has 0 rings (SSSR count). The Morgan fingerprint density at radius 1 is 1.78 bits per heavy atom. The predicted octanol–water partition coefficient (Wildman–Crippen LogP) is 0.602. The third kappa shape index (κ3) is 4.62. The lowest BCUT2D eigenvalue weighted by molar-refractivity contribution is 0.119. The SMILES string of the molecule is CC(C)OC(=O)NC#N. The zero-order valence-electron chi connectivity index (χ0n) is 5.34. The minimum absolute atomic E-state index is 0.182. The summed E-state index contributed by atoms with van der Waals surface area (Å²) in [5.74, 6) is 0. The molecule has 50 valence electrons.